The maximum Gasteiger partial charge on any atom is 0.118 e. The predicted molar refractivity (Wildman–Crippen MR) is 41.0 cm³/mol. The highest BCUT2D eigenvalue weighted by Gasteiger charge is 1.94. The first-order chi connectivity index (χ1) is 5.86. The van der Waals surface area contributed by atoms with E-state index < -0.39 is 0 Å². The summed E-state index contributed by atoms with van der Waals surface area (Å²) in [6, 6.07) is 7.03. The summed E-state index contributed by atoms with van der Waals surface area (Å²) in [5, 5.41) is 12.6. The van der Waals surface area contributed by atoms with E-state index in [2.05, 4.69) is 9.37 Å². The zero-order valence-corrected chi connectivity index (χ0v) is 7.17. The summed E-state index contributed by atoms with van der Waals surface area (Å²) >= 11 is 0.849. The van der Waals surface area contributed by atoms with E-state index in [0.717, 1.165) is 22.7 Å². The summed E-state index contributed by atoms with van der Waals surface area (Å²) in [4.78, 5) is 0.770. The van der Waals surface area contributed by atoms with Crippen LogP contribution in [0, 0.1) is 0 Å². The first kappa shape index (κ1) is 9.34. The van der Waals surface area contributed by atoms with Crippen molar-refractivity contribution >= 4 is 12.0 Å². The van der Waals surface area contributed by atoms with Crippen LogP contribution in [-0.4, -0.2) is 7.11 Å². The lowest BCUT2D eigenvalue weighted by Crippen LogP contribution is -2.00. The lowest BCUT2D eigenvalue weighted by Gasteiger charge is -2.04. The second kappa shape index (κ2) is 5.00. The fraction of sp³-hybridized carbons (Fsp3) is 0.143. The van der Waals surface area contributed by atoms with Crippen molar-refractivity contribution in [3.63, 3.8) is 0 Å². The molecule has 66 valence electrons. The van der Waals surface area contributed by atoms with E-state index >= 15 is 0 Å². The number of rotatable bonds is 4. The van der Waals surface area contributed by atoms with Crippen LogP contribution in [0.5, 0.6) is 5.75 Å². The van der Waals surface area contributed by atoms with E-state index in [1.54, 1.807) is 31.4 Å². The molecular weight excluding hydrogens is 180 g/mol. The maximum atomic E-state index is 9.46. The minimum atomic E-state index is 0.752. The van der Waals surface area contributed by atoms with E-state index in [1.165, 1.54) is 0 Å². The van der Waals surface area contributed by atoms with Gasteiger partial charge in [0.1, 0.15) is 5.75 Å². The van der Waals surface area contributed by atoms with Crippen LogP contribution in [0.15, 0.2) is 29.2 Å². The van der Waals surface area contributed by atoms with Gasteiger partial charge in [-0.2, -0.15) is 4.33 Å². The average molecular weight is 187 g/mol. The number of ether oxygens (including phenoxy) is 1. The molecule has 0 unspecified atom stereocenters. The highest BCUT2D eigenvalue weighted by Crippen LogP contribution is 2.21. The third-order valence-electron chi connectivity index (χ3n) is 1.22. The van der Waals surface area contributed by atoms with Crippen LogP contribution in [0.4, 0.5) is 0 Å². The Bertz CT molecular complexity index is 223. The van der Waals surface area contributed by atoms with E-state index in [4.69, 9.17) is 4.74 Å². The zero-order valence-electron chi connectivity index (χ0n) is 6.35. The van der Waals surface area contributed by atoms with Gasteiger partial charge < -0.3 is 9.99 Å². The van der Waals surface area contributed by atoms with E-state index in [1.807, 2.05) is 0 Å². The van der Waals surface area contributed by atoms with Gasteiger partial charge in [-0.15, -0.1) is 0 Å². The Kier molecular flexibility index (Phi) is 3.89. The second-order valence-corrected chi connectivity index (χ2v) is 2.67. The lowest BCUT2D eigenvalue weighted by atomic mass is 10.3. The predicted octanol–water partition coefficient (Wildman–Crippen LogP) is 0.926. The molecule has 0 saturated carbocycles. The molecule has 4 nitrogen and oxygen atoms in total. The van der Waals surface area contributed by atoms with Crippen molar-refractivity contribution in [1.29, 1.82) is 0 Å². The van der Waals surface area contributed by atoms with Crippen LogP contribution in [0.3, 0.4) is 0 Å². The third-order valence-corrected chi connectivity index (χ3v) is 1.81. The summed E-state index contributed by atoms with van der Waals surface area (Å²) in [5.41, 5.74) is 0. The first-order valence-corrected chi connectivity index (χ1v) is 3.88. The zero-order chi connectivity index (χ0) is 8.81. The van der Waals surface area contributed by atoms with E-state index in [-0.39, 0.29) is 0 Å². The van der Waals surface area contributed by atoms with Crippen molar-refractivity contribution < 1.29 is 19.4 Å². The Morgan fingerprint density at radius 1 is 1.25 bits per heavy atom. The molecule has 0 aliphatic rings. The highest BCUT2D eigenvalue weighted by atomic mass is 32.2. The molecule has 12 heavy (non-hydrogen) atoms. The minimum absolute atomic E-state index is 0.752. The topological polar surface area (TPSA) is 50.8 Å². The number of methoxy groups -OCH3 is 1. The Morgan fingerprint density at radius 3 is 2.42 bits per heavy atom. The Labute approximate surface area is 74.1 Å². The smallest absolute Gasteiger partial charge is 0.118 e. The summed E-state index contributed by atoms with van der Waals surface area (Å²) in [7, 11) is 1.58. The molecule has 0 spiro atoms. The molecule has 5 heteroatoms. The standard InChI is InChI=1S/C7H8O4S/c1-9-6-2-4-7(5-3-6)12-11-10-8/h2-5,8H,1H3/p-1. The fourth-order valence-electron chi connectivity index (χ4n) is 0.684. The van der Waals surface area contributed by atoms with E-state index in [9.17, 15) is 5.26 Å². The van der Waals surface area contributed by atoms with Crippen molar-refractivity contribution in [2.45, 2.75) is 4.90 Å². The molecule has 1 rings (SSSR count). The molecular formula is C7H7O4S-. The number of benzene rings is 1. The molecule has 1 aromatic rings. The quantitative estimate of drug-likeness (QED) is 0.398. The van der Waals surface area contributed by atoms with Gasteiger partial charge in [0, 0.05) is 4.90 Å². The van der Waals surface area contributed by atoms with Gasteiger partial charge in [-0.05, 0) is 24.3 Å². The van der Waals surface area contributed by atoms with Crippen LogP contribution >= 0.6 is 12.0 Å². The number of hydrogen-bond acceptors (Lipinski definition) is 5. The van der Waals surface area contributed by atoms with Crippen LogP contribution in [0.25, 0.3) is 0 Å². The molecule has 0 fully saturated rings. The molecule has 0 bridgehead atoms. The molecule has 0 saturated heterocycles. The lowest BCUT2D eigenvalue weighted by molar-refractivity contribution is -0.777. The van der Waals surface area contributed by atoms with Crippen LogP contribution in [0.1, 0.15) is 0 Å². The van der Waals surface area contributed by atoms with Gasteiger partial charge in [0.25, 0.3) is 0 Å². The monoisotopic (exact) mass is 187 g/mol. The minimum Gasteiger partial charge on any atom is -0.691 e. The van der Waals surface area contributed by atoms with Crippen LogP contribution in [0.2, 0.25) is 0 Å². The Balaban J connectivity index is 2.53. The van der Waals surface area contributed by atoms with E-state index in [0.29, 0.717) is 0 Å². The Hall–Kier alpha value is -0.750. The normalized spacial score (nSPS) is 9.83. The molecule has 0 aromatic heterocycles. The van der Waals surface area contributed by atoms with Crippen LogP contribution < -0.4 is 9.99 Å². The van der Waals surface area contributed by atoms with Gasteiger partial charge in [0.05, 0.1) is 19.2 Å². The molecule has 0 heterocycles. The molecule has 1 aromatic carbocycles. The van der Waals surface area contributed by atoms with Crippen molar-refractivity contribution in [3.8, 4) is 5.75 Å². The largest absolute Gasteiger partial charge is 0.691 e. The SMILES string of the molecule is COc1ccc(SOO[O-])cc1. The highest BCUT2D eigenvalue weighted by molar-refractivity contribution is 7.94. The van der Waals surface area contributed by atoms with Crippen molar-refractivity contribution in [2.75, 3.05) is 7.11 Å². The van der Waals surface area contributed by atoms with Gasteiger partial charge in [0.15, 0.2) is 0 Å². The molecule has 0 aliphatic carbocycles. The molecule has 0 N–H and O–H groups in total. The molecule has 0 amide bonds. The molecule has 0 atom stereocenters. The van der Waals surface area contributed by atoms with Gasteiger partial charge in [0.2, 0.25) is 0 Å². The van der Waals surface area contributed by atoms with Gasteiger partial charge in [-0.3, -0.25) is 5.04 Å². The van der Waals surface area contributed by atoms with Crippen molar-refractivity contribution in [2.24, 2.45) is 0 Å². The number of hydrogen-bond donors (Lipinski definition) is 0. The van der Waals surface area contributed by atoms with Gasteiger partial charge in [-0.25, -0.2) is 0 Å². The van der Waals surface area contributed by atoms with Crippen LogP contribution in [-0.2, 0) is 9.37 Å². The van der Waals surface area contributed by atoms with Crippen molar-refractivity contribution in [3.05, 3.63) is 24.3 Å². The summed E-state index contributed by atoms with van der Waals surface area (Å²) < 4.78 is 9.04. The molecule has 0 radical (unpaired) electrons. The van der Waals surface area contributed by atoms with Gasteiger partial charge in [-0.1, -0.05) is 0 Å². The summed E-state index contributed by atoms with van der Waals surface area (Å²) in [6.45, 7) is 0. The summed E-state index contributed by atoms with van der Waals surface area (Å²) in [5.74, 6) is 0.752. The molecule has 0 aliphatic heterocycles. The average Bonchev–Trinajstić information content (AvgIpc) is 2.15. The van der Waals surface area contributed by atoms with Crippen molar-refractivity contribution in [1.82, 2.24) is 0 Å². The van der Waals surface area contributed by atoms with Gasteiger partial charge >= 0.3 is 0 Å². The third kappa shape index (κ3) is 2.71. The first-order valence-electron chi connectivity index (χ1n) is 3.14. The fourth-order valence-corrected chi connectivity index (χ4v) is 1.04. The maximum absolute atomic E-state index is 9.46. The Morgan fingerprint density at radius 2 is 1.92 bits per heavy atom. The summed E-state index contributed by atoms with van der Waals surface area (Å²) in [6.07, 6.45) is 0. The second-order valence-electron chi connectivity index (χ2n) is 1.89.